The summed E-state index contributed by atoms with van der Waals surface area (Å²) in [5, 5.41) is 0.135. The smallest absolute Gasteiger partial charge is 0.347 e. The number of methoxy groups -OCH3 is 1. The van der Waals surface area contributed by atoms with Crippen molar-refractivity contribution in [3.05, 3.63) is 69.2 Å². The van der Waals surface area contributed by atoms with Crippen molar-refractivity contribution in [3.8, 4) is 5.75 Å². The zero-order valence-electron chi connectivity index (χ0n) is 13.7. The molecule has 0 spiro atoms. The van der Waals surface area contributed by atoms with E-state index in [-0.39, 0.29) is 16.8 Å². The molecule has 0 saturated carbocycles. The van der Waals surface area contributed by atoms with Crippen molar-refractivity contribution in [2.75, 3.05) is 7.11 Å². The molecule has 2 aromatic carbocycles. The number of aryl methyl sites for hydroxylation is 1. The Hall–Kier alpha value is -2.95. The first-order valence-corrected chi connectivity index (χ1v) is 8.13. The molecule has 1 aliphatic carbocycles. The fourth-order valence-corrected chi connectivity index (χ4v) is 3.34. The number of halogens is 1. The minimum atomic E-state index is -0.602. The molecule has 1 heterocycles. The molecule has 25 heavy (non-hydrogen) atoms. The normalized spacial score (nSPS) is 13.5. The molecule has 4 nitrogen and oxygen atoms in total. The molecule has 0 fully saturated rings. The van der Waals surface area contributed by atoms with E-state index in [4.69, 9.17) is 9.15 Å². The van der Waals surface area contributed by atoms with Crippen LogP contribution in [0.1, 0.15) is 29.0 Å². The van der Waals surface area contributed by atoms with Gasteiger partial charge in [-0.2, -0.15) is 0 Å². The third-order valence-electron chi connectivity index (χ3n) is 4.53. The highest BCUT2D eigenvalue weighted by Crippen LogP contribution is 2.33. The summed E-state index contributed by atoms with van der Waals surface area (Å²) in [6.45, 7) is 0. The predicted molar refractivity (Wildman–Crippen MR) is 94.2 cm³/mol. The topological polar surface area (TPSA) is 52.3 Å². The van der Waals surface area contributed by atoms with Gasteiger partial charge in [0, 0.05) is 11.6 Å². The van der Waals surface area contributed by atoms with Gasteiger partial charge in [-0.25, -0.2) is 14.2 Å². The van der Waals surface area contributed by atoms with Gasteiger partial charge < -0.3 is 9.15 Å². The molecule has 0 bridgehead atoms. The van der Waals surface area contributed by atoms with Crippen LogP contribution >= 0.6 is 0 Å². The number of aromatic nitrogens is 1. The van der Waals surface area contributed by atoms with E-state index in [9.17, 15) is 9.18 Å². The number of benzene rings is 2. The van der Waals surface area contributed by atoms with Gasteiger partial charge in [-0.1, -0.05) is 12.1 Å². The Kier molecular flexibility index (Phi) is 3.84. The maximum Gasteiger partial charge on any atom is 0.347 e. The number of hydrogen-bond donors (Lipinski definition) is 0. The maximum atomic E-state index is 13.9. The third kappa shape index (κ3) is 2.71. The average Bonchev–Trinajstić information content (AvgIpc) is 3.09. The summed E-state index contributed by atoms with van der Waals surface area (Å²) in [5.74, 6) is 0.282. The van der Waals surface area contributed by atoms with Crippen LogP contribution < -0.4 is 10.4 Å². The van der Waals surface area contributed by atoms with Crippen molar-refractivity contribution in [2.24, 2.45) is 0 Å². The van der Waals surface area contributed by atoms with Crippen molar-refractivity contribution in [2.45, 2.75) is 19.3 Å². The van der Waals surface area contributed by atoms with Crippen LogP contribution in [0.4, 0.5) is 4.39 Å². The van der Waals surface area contributed by atoms with Crippen molar-refractivity contribution < 1.29 is 13.5 Å². The first kappa shape index (κ1) is 15.6. The molecule has 3 aromatic rings. The summed E-state index contributed by atoms with van der Waals surface area (Å²) in [7, 11) is 1.62. The Morgan fingerprint density at radius 2 is 2.08 bits per heavy atom. The molecule has 0 aliphatic heterocycles. The Morgan fingerprint density at radius 3 is 2.92 bits per heavy atom. The molecule has 126 valence electrons. The van der Waals surface area contributed by atoms with E-state index in [0.29, 0.717) is 0 Å². The molecule has 0 N–H and O–H groups in total. The van der Waals surface area contributed by atoms with Gasteiger partial charge in [-0.3, -0.25) is 0 Å². The molecule has 0 amide bonds. The first-order valence-electron chi connectivity index (χ1n) is 8.13. The molecule has 0 saturated heterocycles. The summed E-state index contributed by atoms with van der Waals surface area (Å²) in [6, 6.07) is 8.26. The Morgan fingerprint density at radius 1 is 1.20 bits per heavy atom. The van der Waals surface area contributed by atoms with Gasteiger partial charge in [0.05, 0.1) is 12.5 Å². The quantitative estimate of drug-likeness (QED) is 0.725. The zero-order valence-corrected chi connectivity index (χ0v) is 13.7. The van der Waals surface area contributed by atoms with Crippen LogP contribution in [-0.2, 0) is 12.8 Å². The van der Waals surface area contributed by atoms with Crippen LogP contribution in [-0.4, -0.2) is 12.1 Å². The standard InChI is InChI=1S/C20H16FNO3/c1-24-17-10-8-12-4-2-5-13(12)14(17)9-11-18-22-19-15(20(23)25-18)6-3-7-16(19)21/h3,6-11H,2,4-5H2,1H3/b11-9+. The van der Waals surface area contributed by atoms with Crippen LogP contribution in [0.2, 0.25) is 0 Å². The summed E-state index contributed by atoms with van der Waals surface area (Å²) in [5.41, 5.74) is 2.91. The van der Waals surface area contributed by atoms with Gasteiger partial charge in [0.2, 0.25) is 5.89 Å². The van der Waals surface area contributed by atoms with Gasteiger partial charge in [0.25, 0.3) is 0 Å². The summed E-state index contributed by atoms with van der Waals surface area (Å²) >= 11 is 0. The fraction of sp³-hybridized carbons (Fsp3) is 0.200. The lowest BCUT2D eigenvalue weighted by Crippen LogP contribution is -2.04. The lowest BCUT2D eigenvalue weighted by Gasteiger charge is -2.10. The number of hydrogen-bond acceptors (Lipinski definition) is 4. The molecule has 0 unspecified atom stereocenters. The highest BCUT2D eigenvalue weighted by atomic mass is 19.1. The van der Waals surface area contributed by atoms with Crippen LogP contribution in [0.3, 0.4) is 0 Å². The van der Waals surface area contributed by atoms with E-state index in [1.807, 2.05) is 12.1 Å². The highest BCUT2D eigenvalue weighted by Gasteiger charge is 2.17. The fourth-order valence-electron chi connectivity index (χ4n) is 3.34. The number of fused-ring (bicyclic) bond motifs is 2. The molecule has 0 radical (unpaired) electrons. The number of rotatable bonds is 3. The number of ether oxygens (including phenoxy) is 1. The molecule has 5 heteroatoms. The van der Waals surface area contributed by atoms with E-state index < -0.39 is 11.4 Å². The lowest BCUT2D eigenvalue weighted by atomic mass is 10.0. The molecule has 1 aromatic heterocycles. The monoisotopic (exact) mass is 337 g/mol. The molecule has 4 rings (SSSR count). The van der Waals surface area contributed by atoms with Gasteiger partial charge in [0.1, 0.15) is 17.1 Å². The minimum Gasteiger partial charge on any atom is -0.496 e. The van der Waals surface area contributed by atoms with Crippen LogP contribution in [0.5, 0.6) is 5.75 Å². The largest absolute Gasteiger partial charge is 0.496 e. The minimum absolute atomic E-state index is 0.0173. The first-order chi connectivity index (χ1) is 12.2. The van der Waals surface area contributed by atoms with Crippen molar-refractivity contribution in [3.63, 3.8) is 0 Å². The van der Waals surface area contributed by atoms with E-state index in [1.54, 1.807) is 13.2 Å². The Labute approximate surface area is 143 Å². The van der Waals surface area contributed by atoms with E-state index >= 15 is 0 Å². The molecule has 1 aliphatic rings. The van der Waals surface area contributed by atoms with Crippen LogP contribution in [0, 0.1) is 5.82 Å². The molecular weight excluding hydrogens is 321 g/mol. The van der Waals surface area contributed by atoms with Crippen molar-refractivity contribution in [1.29, 1.82) is 0 Å². The van der Waals surface area contributed by atoms with Gasteiger partial charge in [-0.05, 0) is 54.7 Å². The van der Waals surface area contributed by atoms with Crippen molar-refractivity contribution >= 4 is 23.1 Å². The second kappa shape index (κ2) is 6.16. The van der Waals surface area contributed by atoms with Gasteiger partial charge in [-0.15, -0.1) is 0 Å². The maximum absolute atomic E-state index is 13.9. The molecular formula is C20H16FNO3. The number of nitrogens with zero attached hydrogens (tertiary/aromatic N) is 1. The second-order valence-electron chi connectivity index (χ2n) is 5.98. The molecule has 0 atom stereocenters. The highest BCUT2D eigenvalue weighted by molar-refractivity contribution is 5.79. The van der Waals surface area contributed by atoms with Crippen LogP contribution in [0.15, 0.2) is 39.5 Å². The number of para-hydroxylation sites is 1. The average molecular weight is 337 g/mol. The summed E-state index contributed by atoms with van der Waals surface area (Å²) in [6.07, 6.45) is 6.55. The van der Waals surface area contributed by atoms with E-state index in [1.165, 1.54) is 29.3 Å². The lowest BCUT2D eigenvalue weighted by molar-refractivity contribution is 0.413. The third-order valence-corrected chi connectivity index (χ3v) is 4.53. The zero-order chi connectivity index (χ0) is 17.4. The second-order valence-corrected chi connectivity index (χ2v) is 5.98. The van der Waals surface area contributed by atoms with Gasteiger partial charge >= 0.3 is 5.63 Å². The van der Waals surface area contributed by atoms with E-state index in [0.717, 1.165) is 30.6 Å². The van der Waals surface area contributed by atoms with Crippen molar-refractivity contribution in [1.82, 2.24) is 4.98 Å². The Balaban J connectivity index is 1.81. The predicted octanol–water partition coefficient (Wildman–Crippen LogP) is 3.99. The summed E-state index contributed by atoms with van der Waals surface area (Å²) in [4.78, 5) is 16.2. The van der Waals surface area contributed by atoms with E-state index in [2.05, 4.69) is 11.1 Å². The van der Waals surface area contributed by atoms with Crippen LogP contribution in [0.25, 0.3) is 23.1 Å². The SMILES string of the molecule is COc1ccc2c(c1/C=C/c1nc3c(F)cccc3c(=O)o1)CCC2. The Bertz CT molecular complexity index is 1050. The van der Waals surface area contributed by atoms with Gasteiger partial charge in [0.15, 0.2) is 0 Å². The summed E-state index contributed by atoms with van der Waals surface area (Å²) < 4.78 is 24.6.